The van der Waals surface area contributed by atoms with E-state index in [1.54, 1.807) is 0 Å². The fourth-order valence-electron chi connectivity index (χ4n) is 0. The summed E-state index contributed by atoms with van der Waals surface area (Å²) in [4.78, 5) is 0. The Labute approximate surface area is 224 Å². The molecule has 0 saturated carbocycles. The summed E-state index contributed by atoms with van der Waals surface area (Å²) in [6, 6.07) is 0. The fourth-order valence-corrected chi connectivity index (χ4v) is 0. The first kappa shape index (κ1) is 133. The van der Waals surface area contributed by atoms with Gasteiger partial charge >= 0.3 is 119 Å². The molecule has 0 aliphatic rings. The predicted molar refractivity (Wildman–Crippen MR) is 0 cm³/mol. The van der Waals surface area contributed by atoms with Gasteiger partial charge in [-0.1, -0.05) is 0 Å². The monoisotopic (exact) mass is 734 g/mol. The first-order valence-electron chi connectivity index (χ1n) is 0. The molecule has 0 aromatic carbocycles. The van der Waals surface area contributed by atoms with E-state index in [4.69, 9.17) is 0 Å². The molecule has 0 N–H and O–H groups in total. The average molecular weight is 739 g/mol. The number of rotatable bonds is 0. The Morgan fingerprint density at radius 2 is 0.333 bits per heavy atom. The molecule has 12 heavy (non-hydrogen) atoms. The van der Waals surface area contributed by atoms with E-state index < -0.39 is 0 Å². The first-order chi connectivity index (χ1) is 0. The molecule has 0 saturated heterocycles. The van der Waals surface area contributed by atoms with Crippen molar-refractivity contribution in [2.45, 2.75) is 0 Å². The van der Waals surface area contributed by atoms with E-state index in [1.807, 2.05) is 0 Å². The van der Waals surface area contributed by atoms with Crippen molar-refractivity contribution in [3.05, 3.63) is 0 Å². The van der Waals surface area contributed by atoms with Crippen LogP contribution in [0.25, 0.3) is 0 Å². The van der Waals surface area contributed by atoms with Crippen LogP contribution in [-0.4, -0.2) is 0 Å². The van der Waals surface area contributed by atoms with E-state index in [0.717, 1.165) is 0 Å². The third kappa shape index (κ3) is 93.3. The maximum atomic E-state index is 0. The van der Waals surface area contributed by atoms with Crippen LogP contribution in [0.4, 0.5) is 0 Å². The molecular weight excluding hydrogens is 739 g/mol. The summed E-state index contributed by atoms with van der Waals surface area (Å²) in [6.07, 6.45) is 0. The number of hydrogen-bond acceptors (Lipinski definition) is 0. The molecule has 0 nitrogen and oxygen atoms in total. The quantitative estimate of drug-likeness (QED) is 0.232. The molecule has 0 heterocycles. The van der Waals surface area contributed by atoms with Crippen LogP contribution in [-0.2, 0) is 0 Å². The van der Waals surface area contributed by atoms with Crippen LogP contribution in [0, 0.1) is 119 Å². The molecule has 0 atom stereocenters. The molecule has 1 radical (unpaired) electrons. The van der Waals surface area contributed by atoms with Gasteiger partial charge in [-0.3, -0.25) is 0 Å². The van der Waals surface area contributed by atoms with Crippen LogP contribution in [0.2, 0.25) is 0 Å². The van der Waals surface area contributed by atoms with Crippen molar-refractivity contribution in [3.8, 4) is 0 Å². The van der Waals surface area contributed by atoms with E-state index in [9.17, 15) is 0 Å². The zero-order valence-electron chi connectivity index (χ0n) is 5.06. The van der Waals surface area contributed by atoms with Gasteiger partial charge in [0.1, 0.15) is 0 Å². The Morgan fingerprint density at radius 1 is 0.333 bits per heavy atom. The van der Waals surface area contributed by atoms with Crippen molar-refractivity contribution >= 4 is 0 Å². The summed E-state index contributed by atoms with van der Waals surface area (Å²) < 4.78 is 0. The normalized spacial score (nSPS) is 0. The topological polar surface area (TPSA) is 0 Å². The Morgan fingerprint density at radius 3 is 0.333 bits per heavy atom. The summed E-state index contributed by atoms with van der Waals surface area (Å²) in [5, 5.41) is 0. The van der Waals surface area contributed by atoms with Crippen LogP contribution in [0.3, 0.4) is 0 Å². The van der Waals surface area contributed by atoms with Gasteiger partial charge < -0.3 is 112 Å². The zero-order chi connectivity index (χ0) is 0. The van der Waals surface area contributed by atoms with Gasteiger partial charge in [-0.15, -0.1) is 0 Å². The number of hydrogen-bond donors (Lipinski definition) is 0. The van der Waals surface area contributed by atoms with Crippen LogP contribution in [0.1, 0.15) is 0 Å². The minimum atomic E-state index is 0. The number of halogens is 9. The maximum absolute atomic E-state index is 0. The molecule has 0 aromatic heterocycles. The molecule has 0 aliphatic heterocycles. The Kier molecular flexibility index (Phi) is 1250. The van der Waals surface area contributed by atoms with E-state index in [0.29, 0.717) is 0 Å². The first-order valence-corrected chi connectivity index (χ1v) is 0. The fraction of sp³-hybridized carbons (Fsp3) is 0. The molecule has 0 bridgehead atoms. The summed E-state index contributed by atoms with van der Waals surface area (Å²) in [5.74, 6) is 0. The zero-order valence-corrected chi connectivity index (χ0v) is 22.3. The maximum Gasteiger partial charge on any atom is 3.00 e. The van der Waals surface area contributed by atoms with Gasteiger partial charge in [0.05, 0.1) is 0 Å². The summed E-state index contributed by atoms with van der Waals surface area (Å²) >= 11 is 0. The Balaban J connectivity index is 0. The second kappa shape index (κ2) is 112. The van der Waals surface area contributed by atoms with Gasteiger partial charge in [-0.2, -0.15) is 0 Å². The molecule has 73 valence electrons. The third-order valence-electron chi connectivity index (χ3n) is 0. The van der Waals surface area contributed by atoms with Crippen molar-refractivity contribution in [3.63, 3.8) is 0 Å². The van der Waals surface area contributed by atoms with E-state index >= 15 is 0 Å². The SMILES string of the molecule is [Ce+3].[Cl-].[Cl-].[Cl-].[Cl-].[Cl-].[Cl-].[Cl-].[Cl-].[Cl-].[La+3].[Pr+3]. The largest absolute Gasteiger partial charge is 3.00 e. The average Bonchev–Trinajstić information content (AvgIpc) is 0. The molecule has 0 aliphatic carbocycles. The van der Waals surface area contributed by atoms with Crippen molar-refractivity contribution < 1.29 is 230 Å². The molecule has 0 amide bonds. The van der Waals surface area contributed by atoms with Crippen LogP contribution < -0.4 is 112 Å². The van der Waals surface area contributed by atoms with E-state index in [1.165, 1.54) is 0 Å². The van der Waals surface area contributed by atoms with Gasteiger partial charge in [0.2, 0.25) is 0 Å². The predicted octanol–water partition coefficient (Wildman–Crippen LogP) is -27.0. The van der Waals surface area contributed by atoms with Gasteiger partial charge in [-0.05, 0) is 0 Å². The second-order valence-electron chi connectivity index (χ2n) is 0. The van der Waals surface area contributed by atoms with E-state index in [2.05, 4.69) is 0 Å². The van der Waals surface area contributed by atoms with Gasteiger partial charge in [0.15, 0.2) is 0 Å². The van der Waals surface area contributed by atoms with Crippen LogP contribution in [0.5, 0.6) is 0 Å². The summed E-state index contributed by atoms with van der Waals surface area (Å²) in [6.45, 7) is 0. The Bertz CT molecular complexity index is 14.5. The molecule has 0 aromatic rings. The van der Waals surface area contributed by atoms with Crippen LogP contribution in [0.15, 0.2) is 0 Å². The van der Waals surface area contributed by atoms with E-state index in [-0.39, 0.29) is 230 Å². The second-order valence-corrected chi connectivity index (χ2v) is 0. The van der Waals surface area contributed by atoms with Crippen molar-refractivity contribution in [2.24, 2.45) is 0 Å². The standard InChI is InChI=1S/Ce.9ClH.La.Pr/h;9*1H;;/q+3;;;;;;;;;;2*+3/p-9. The molecular formula is CeCl9LaPr. The van der Waals surface area contributed by atoms with Gasteiger partial charge in [-0.25, -0.2) is 0 Å². The third-order valence-corrected chi connectivity index (χ3v) is 0. The van der Waals surface area contributed by atoms with Crippen LogP contribution >= 0.6 is 0 Å². The molecule has 0 spiro atoms. The van der Waals surface area contributed by atoms with Gasteiger partial charge in [0.25, 0.3) is 0 Å². The summed E-state index contributed by atoms with van der Waals surface area (Å²) in [5.41, 5.74) is 0. The van der Waals surface area contributed by atoms with Crippen molar-refractivity contribution in [1.29, 1.82) is 0 Å². The minimum Gasteiger partial charge on any atom is -1.00 e. The van der Waals surface area contributed by atoms with Crippen molar-refractivity contribution in [1.82, 2.24) is 0 Å². The van der Waals surface area contributed by atoms with Crippen molar-refractivity contribution in [2.75, 3.05) is 0 Å². The molecule has 0 unspecified atom stereocenters. The molecule has 0 rings (SSSR count). The molecule has 0 fully saturated rings. The summed E-state index contributed by atoms with van der Waals surface area (Å²) in [7, 11) is 0. The smallest absolute Gasteiger partial charge is 1.00 e. The Hall–Kier alpha value is 6.55. The molecule has 12 heteroatoms. The minimum absolute atomic E-state index is 0. The van der Waals surface area contributed by atoms with Gasteiger partial charge in [0, 0.05) is 0 Å².